The number of nitrogens with zero attached hydrogens (tertiary/aromatic N) is 2. The summed E-state index contributed by atoms with van der Waals surface area (Å²) in [7, 11) is 0. The van der Waals surface area contributed by atoms with Gasteiger partial charge in [0.25, 0.3) is 0 Å². The first-order valence-corrected chi connectivity index (χ1v) is 5.34. The lowest BCUT2D eigenvalue weighted by Crippen LogP contribution is -2.15. The number of benzene rings is 1. The van der Waals surface area contributed by atoms with E-state index in [1.165, 1.54) is 5.56 Å². The van der Waals surface area contributed by atoms with Gasteiger partial charge < -0.3 is 5.73 Å². The Kier molecular flexibility index (Phi) is 3.27. The van der Waals surface area contributed by atoms with Crippen molar-refractivity contribution in [1.29, 1.82) is 0 Å². The number of nitrogens with two attached hydrogens (primary N) is 1. The van der Waals surface area contributed by atoms with Gasteiger partial charge in [-0.05, 0) is 25.0 Å². The molecule has 1 aromatic heterocycles. The van der Waals surface area contributed by atoms with Crippen molar-refractivity contribution in [2.45, 2.75) is 19.4 Å². The second kappa shape index (κ2) is 4.86. The maximum atomic E-state index is 6.11. The highest BCUT2D eigenvalue weighted by atomic mass is 14.9. The number of aryl methyl sites for hydroxylation is 1. The fourth-order valence-electron chi connectivity index (χ4n) is 1.65. The first-order valence-electron chi connectivity index (χ1n) is 5.34. The van der Waals surface area contributed by atoms with Gasteiger partial charge >= 0.3 is 0 Å². The smallest absolute Gasteiger partial charge is 0.115 e. The molecule has 0 amide bonds. The summed E-state index contributed by atoms with van der Waals surface area (Å²) in [4.78, 5) is 8.26. The van der Waals surface area contributed by atoms with E-state index in [1.54, 1.807) is 6.33 Å². The molecular formula is C13H15N3. The molecule has 1 heterocycles. The van der Waals surface area contributed by atoms with Crippen LogP contribution in [-0.4, -0.2) is 9.97 Å². The normalized spacial score (nSPS) is 12.4. The highest BCUT2D eigenvalue weighted by molar-refractivity contribution is 5.19. The molecule has 16 heavy (non-hydrogen) atoms. The molecule has 1 aromatic carbocycles. The Morgan fingerprint density at radius 1 is 1.19 bits per heavy atom. The zero-order chi connectivity index (χ0) is 11.4. The molecule has 0 bridgehead atoms. The zero-order valence-electron chi connectivity index (χ0n) is 9.30. The van der Waals surface area contributed by atoms with E-state index >= 15 is 0 Å². The summed E-state index contributed by atoms with van der Waals surface area (Å²) in [6, 6.07) is 12.1. The minimum absolute atomic E-state index is 0.0656. The number of aromatic nitrogens is 2. The van der Waals surface area contributed by atoms with Gasteiger partial charge in [-0.25, -0.2) is 9.97 Å². The van der Waals surface area contributed by atoms with Crippen LogP contribution in [0.4, 0.5) is 0 Å². The molecule has 2 rings (SSSR count). The Balaban J connectivity index is 2.12. The van der Waals surface area contributed by atoms with Gasteiger partial charge in [-0.15, -0.1) is 0 Å². The molecule has 3 nitrogen and oxygen atoms in total. The molecule has 0 spiro atoms. The number of hydrogen-bond donors (Lipinski definition) is 1. The van der Waals surface area contributed by atoms with Crippen molar-refractivity contribution >= 4 is 0 Å². The average Bonchev–Trinajstić information content (AvgIpc) is 2.30. The van der Waals surface area contributed by atoms with Gasteiger partial charge in [0.05, 0.1) is 11.7 Å². The minimum atomic E-state index is -0.0656. The summed E-state index contributed by atoms with van der Waals surface area (Å²) in [5.41, 5.74) is 9.19. The van der Waals surface area contributed by atoms with E-state index in [0.29, 0.717) is 0 Å². The summed E-state index contributed by atoms with van der Waals surface area (Å²) in [6.45, 7) is 1.94. The molecule has 2 N–H and O–H groups in total. The Hall–Kier alpha value is -1.74. The third kappa shape index (κ3) is 2.64. The first-order chi connectivity index (χ1) is 7.75. The molecule has 0 saturated heterocycles. The maximum absolute atomic E-state index is 6.11. The van der Waals surface area contributed by atoms with Crippen LogP contribution in [0.25, 0.3) is 0 Å². The Morgan fingerprint density at radius 3 is 2.62 bits per heavy atom. The average molecular weight is 213 g/mol. The van der Waals surface area contributed by atoms with Crippen molar-refractivity contribution in [3.63, 3.8) is 0 Å². The first kappa shape index (κ1) is 10.8. The van der Waals surface area contributed by atoms with E-state index in [4.69, 9.17) is 5.73 Å². The van der Waals surface area contributed by atoms with E-state index in [0.717, 1.165) is 17.8 Å². The molecule has 1 atom stereocenters. The summed E-state index contributed by atoms with van der Waals surface area (Å²) < 4.78 is 0. The zero-order valence-corrected chi connectivity index (χ0v) is 9.30. The lowest BCUT2D eigenvalue weighted by Gasteiger charge is -2.11. The Labute approximate surface area is 95.4 Å². The standard InChI is InChI=1S/C13H15N3/c1-10-7-13(16-9-15-10)12(14)8-11-5-3-2-4-6-11/h2-7,9,12H,8,14H2,1H3/t12-/m0/s1. The van der Waals surface area contributed by atoms with Crippen molar-refractivity contribution in [1.82, 2.24) is 9.97 Å². The van der Waals surface area contributed by atoms with E-state index in [1.807, 2.05) is 31.2 Å². The molecule has 0 saturated carbocycles. The van der Waals surface area contributed by atoms with Gasteiger partial charge in [-0.2, -0.15) is 0 Å². The molecule has 0 radical (unpaired) electrons. The fraction of sp³-hybridized carbons (Fsp3) is 0.231. The molecule has 0 aliphatic rings. The van der Waals surface area contributed by atoms with Crippen molar-refractivity contribution in [2.75, 3.05) is 0 Å². The second-order valence-electron chi connectivity index (χ2n) is 3.88. The molecule has 82 valence electrons. The van der Waals surface area contributed by atoms with Gasteiger partial charge in [-0.1, -0.05) is 30.3 Å². The van der Waals surface area contributed by atoms with Crippen molar-refractivity contribution in [3.8, 4) is 0 Å². The van der Waals surface area contributed by atoms with Gasteiger partial charge in [-0.3, -0.25) is 0 Å². The third-order valence-corrected chi connectivity index (χ3v) is 2.50. The van der Waals surface area contributed by atoms with Crippen LogP contribution in [0, 0.1) is 6.92 Å². The lowest BCUT2D eigenvalue weighted by atomic mass is 10.0. The van der Waals surface area contributed by atoms with Crippen LogP contribution in [0.1, 0.15) is 23.0 Å². The van der Waals surface area contributed by atoms with Crippen LogP contribution >= 0.6 is 0 Å². The van der Waals surface area contributed by atoms with E-state index < -0.39 is 0 Å². The Morgan fingerprint density at radius 2 is 1.94 bits per heavy atom. The highest BCUT2D eigenvalue weighted by Gasteiger charge is 2.08. The Bertz CT molecular complexity index is 454. The second-order valence-corrected chi connectivity index (χ2v) is 3.88. The number of hydrogen-bond acceptors (Lipinski definition) is 3. The lowest BCUT2D eigenvalue weighted by molar-refractivity contribution is 0.691. The predicted molar refractivity (Wildman–Crippen MR) is 63.8 cm³/mol. The summed E-state index contributed by atoms with van der Waals surface area (Å²) in [5, 5.41) is 0. The van der Waals surface area contributed by atoms with Crippen LogP contribution in [0.2, 0.25) is 0 Å². The van der Waals surface area contributed by atoms with Crippen LogP contribution in [-0.2, 0) is 6.42 Å². The van der Waals surface area contributed by atoms with Crippen molar-refractivity contribution in [3.05, 3.63) is 59.7 Å². The van der Waals surface area contributed by atoms with Crippen molar-refractivity contribution in [2.24, 2.45) is 5.73 Å². The van der Waals surface area contributed by atoms with Gasteiger partial charge in [0, 0.05) is 5.69 Å². The van der Waals surface area contributed by atoms with Crippen LogP contribution in [0.3, 0.4) is 0 Å². The maximum Gasteiger partial charge on any atom is 0.115 e. The molecule has 0 fully saturated rings. The molecule has 2 aromatic rings. The van der Waals surface area contributed by atoms with E-state index in [2.05, 4.69) is 22.1 Å². The van der Waals surface area contributed by atoms with E-state index in [-0.39, 0.29) is 6.04 Å². The van der Waals surface area contributed by atoms with Gasteiger partial charge in [0.1, 0.15) is 6.33 Å². The van der Waals surface area contributed by atoms with Gasteiger partial charge in [0.15, 0.2) is 0 Å². The molecule has 0 aliphatic carbocycles. The van der Waals surface area contributed by atoms with Crippen LogP contribution < -0.4 is 5.73 Å². The topological polar surface area (TPSA) is 51.8 Å². The van der Waals surface area contributed by atoms with Crippen LogP contribution in [0.5, 0.6) is 0 Å². The SMILES string of the molecule is Cc1cc([C@@H](N)Cc2ccccc2)ncn1. The molecule has 3 heteroatoms. The van der Waals surface area contributed by atoms with Crippen molar-refractivity contribution < 1.29 is 0 Å². The van der Waals surface area contributed by atoms with E-state index in [9.17, 15) is 0 Å². The largest absolute Gasteiger partial charge is 0.322 e. The highest BCUT2D eigenvalue weighted by Crippen LogP contribution is 2.13. The number of rotatable bonds is 3. The molecular weight excluding hydrogens is 198 g/mol. The molecule has 0 aliphatic heterocycles. The quantitative estimate of drug-likeness (QED) is 0.848. The third-order valence-electron chi connectivity index (χ3n) is 2.50. The summed E-state index contributed by atoms with van der Waals surface area (Å²) in [5.74, 6) is 0. The predicted octanol–water partition coefficient (Wildman–Crippen LogP) is 2.03. The van der Waals surface area contributed by atoms with Crippen LogP contribution in [0.15, 0.2) is 42.7 Å². The minimum Gasteiger partial charge on any atom is -0.322 e. The fourth-order valence-corrected chi connectivity index (χ4v) is 1.65. The summed E-state index contributed by atoms with van der Waals surface area (Å²) >= 11 is 0. The molecule has 0 unspecified atom stereocenters. The summed E-state index contributed by atoms with van der Waals surface area (Å²) in [6.07, 6.45) is 2.37. The van der Waals surface area contributed by atoms with Gasteiger partial charge in [0.2, 0.25) is 0 Å². The monoisotopic (exact) mass is 213 g/mol.